The molecular weight excluding hydrogens is 370 g/mol. The van der Waals surface area contributed by atoms with E-state index in [9.17, 15) is 4.39 Å². The van der Waals surface area contributed by atoms with Crippen LogP contribution >= 0.6 is 35.0 Å². The predicted molar refractivity (Wildman–Crippen MR) is 94.5 cm³/mol. The Hall–Kier alpha value is -1.89. The van der Waals surface area contributed by atoms with Gasteiger partial charge in [0.2, 0.25) is 5.16 Å². The average Bonchev–Trinajstić information content (AvgIpc) is 3.01. The third-order valence-electron chi connectivity index (χ3n) is 3.54. The summed E-state index contributed by atoms with van der Waals surface area (Å²) in [5, 5.41) is 14.3. The summed E-state index contributed by atoms with van der Waals surface area (Å²) in [7, 11) is 0. The van der Waals surface area contributed by atoms with Crippen LogP contribution in [-0.2, 0) is 0 Å². The van der Waals surface area contributed by atoms with E-state index in [1.54, 1.807) is 35.0 Å². The highest BCUT2D eigenvalue weighted by atomic mass is 35.5. The highest BCUT2D eigenvalue weighted by Gasteiger charge is 2.22. The highest BCUT2D eigenvalue weighted by Crippen LogP contribution is 2.30. The zero-order valence-corrected chi connectivity index (χ0v) is 14.4. The number of benzene rings is 2. The van der Waals surface area contributed by atoms with E-state index < -0.39 is 0 Å². The van der Waals surface area contributed by atoms with Gasteiger partial charge < -0.3 is 0 Å². The molecule has 4 nitrogen and oxygen atoms in total. The Morgan fingerprint density at radius 1 is 1.04 bits per heavy atom. The first-order valence-electron chi connectivity index (χ1n) is 7.00. The molecule has 3 aromatic rings. The molecule has 0 atom stereocenters. The van der Waals surface area contributed by atoms with E-state index in [0.717, 1.165) is 11.3 Å². The van der Waals surface area contributed by atoms with E-state index in [-0.39, 0.29) is 5.82 Å². The lowest BCUT2D eigenvalue weighted by Crippen LogP contribution is -2.14. The fraction of sp³-hybridized carbons (Fsp3) is 0.0625. The molecule has 0 fully saturated rings. The second-order valence-electron chi connectivity index (χ2n) is 5.06. The lowest BCUT2D eigenvalue weighted by atomic mass is 10.1. The van der Waals surface area contributed by atoms with Gasteiger partial charge in [0.25, 0.3) is 0 Å². The topological polar surface area (TPSA) is 43.1 Å². The Labute approximate surface area is 151 Å². The van der Waals surface area contributed by atoms with Crippen molar-refractivity contribution in [2.45, 2.75) is 5.16 Å². The van der Waals surface area contributed by atoms with Crippen molar-refractivity contribution in [2.24, 2.45) is 5.10 Å². The molecule has 0 bridgehead atoms. The minimum atomic E-state index is -0.366. The number of nitrogens with zero attached hydrogens (tertiary/aromatic N) is 4. The van der Waals surface area contributed by atoms with E-state index in [0.29, 0.717) is 32.3 Å². The molecule has 2 heterocycles. The Balaban J connectivity index is 1.82. The maximum atomic E-state index is 14.1. The largest absolute Gasteiger partial charge is 0.212 e. The molecule has 2 aromatic carbocycles. The molecule has 0 N–H and O–H groups in total. The third-order valence-corrected chi connectivity index (χ3v) is 5.21. The summed E-state index contributed by atoms with van der Waals surface area (Å²) in [6, 6.07) is 11.8. The van der Waals surface area contributed by atoms with Crippen molar-refractivity contribution in [1.82, 2.24) is 14.9 Å². The third kappa shape index (κ3) is 2.70. The molecule has 24 heavy (non-hydrogen) atoms. The monoisotopic (exact) mass is 378 g/mol. The molecule has 4 rings (SSSR count). The van der Waals surface area contributed by atoms with Crippen LogP contribution in [0, 0.1) is 5.82 Å². The molecule has 120 valence electrons. The van der Waals surface area contributed by atoms with Crippen LogP contribution in [0.1, 0.15) is 5.56 Å². The normalized spacial score (nSPS) is 13.5. The van der Waals surface area contributed by atoms with Crippen molar-refractivity contribution in [3.8, 4) is 11.4 Å². The van der Waals surface area contributed by atoms with Crippen molar-refractivity contribution in [2.75, 3.05) is 5.75 Å². The van der Waals surface area contributed by atoms with E-state index in [2.05, 4.69) is 15.3 Å². The van der Waals surface area contributed by atoms with Crippen LogP contribution in [0.15, 0.2) is 52.7 Å². The van der Waals surface area contributed by atoms with Crippen molar-refractivity contribution < 1.29 is 4.39 Å². The minimum absolute atomic E-state index is 0.357. The SMILES string of the molecule is Fc1ccccc1-c1nnc2n1N=C(c1ccc(Cl)c(Cl)c1)CS2. The summed E-state index contributed by atoms with van der Waals surface area (Å²) in [5.41, 5.74) is 2.01. The van der Waals surface area contributed by atoms with Gasteiger partial charge in [0.15, 0.2) is 5.82 Å². The van der Waals surface area contributed by atoms with Crippen molar-refractivity contribution in [3.05, 3.63) is 63.9 Å². The Bertz CT molecular complexity index is 970. The molecule has 1 aliphatic heterocycles. The Morgan fingerprint density at radius 3 is 2.67 bits per heavy atom. The number of hydrogen-bond donors (Lipinski definition) is 0. The molecule has 0 amide bonds. The van der Waals surface area contributed by atoms with Crippen molar-refractivity contribution in [3.63, 3.8) is 0 Å². The Kier molecular flexibility index (Phi) is 4.04. The lowest BCUT2D eigenvalue weighted by molar-refractivity contribution is 0.627. The second kappa shape index (κ2) is 6.20. The van der Waals surface area contributed by atoms with Crippen molar-refractivity contribution in [1.29, 1.82) is 0 Å². The summed E-state index contributed by atoms with van der Waals surface area (Å²) < 4.78 is 15.6. The molecule has 0 saturated heterocycles. The zero-order valence-electron chi connectivity index (χ0n) is 12.1. The predicted octanol–water partition coefficient (Wildman–Crippen LogP) is 4.75. The second-order valence-corrected chi connectivity index (χ2v) is 6.82. The van der Waals surface area contributed by atoms with Gasteiger partial charge in [-0.1, -0.05) is 53.2 Å². The maximum Gasteiger partial charge on any atom is 0.212 e. The smallest absolute Gasteiger partial charge is 0.206 e. The van der Waals surface area contributed by atoms with Crippen LogP contribution < -0.4 is 0 Å². The highest BCUT2D eigenvalue weighted by molar-refractivity contribution is 7.99. The van der Waals surface area contributed by atoms with Gasteiger partial charge in [-0.05, 0) is 24.3 Å². The summed E-state index contributed by atoms with van der Waals surface area (Å²) >= 11 is 13.5. The molecule has 0 radical (unpaired) electrons. The van der Waals surface area contributed by atoms with Gasteiger partial charge in [0.05, 0.1) is 21.3 Å². The van der Waals surface area contributed by atoms with E-state index in [4.69, 9.17) is 23.2 Å². The van der Waals surface area contributed by atoms with E-state index in [1.807, 2.05) is 6.07 Å². The average molecular weight is 379 g/mol. The van der Waals surface area contributed by atoms with Gasteiger partial charge in [-0.2, -0.15) is 9.78 Å². The summed E-state index contributed by atoms with van der Waals surface area (Å²) in [6.07, 6.45) is 0. The first-order valence-corrected chi connectivity index (χ1v) is 8.74. The van der Waals surface area contributed by atoms with Crippen molar-refractivity contribution >= 4 is 40.7 Å². The van der Waals surface area contributed by atoms with Crippen LogP contribution in [0.3, 0.4) is 0 Å². The van der Waals surface area contributed by atoms with Gasteiger partial charge in [0.1, 0.15) is 5.82 Å². The zero-order chi connectivity index (χ0) is 16.7. The first-order chi connectivity index (χ1) is 11.6. The van der Waals surface area contributed by atoms with E-state index in [1.165, 1.54) is 17.8 Å². The van der Waals surface area contributed by atoms with E-state index >= 15 is 0 Å². The van der Waals surface area contributed by atoms with Gasteiger partial charge in [0, 0.05) is 11.3 Å². The van der Waals surface area contributed by atoms with Gasteiger partial charge >= 0.3 is 0 Å². The molecule has 8 heteroatoms. The standard InChI is InChI=1S/C16H9Cl2FN4S/c17-11-6-5-9(7-12(11)18)14-8-24-16-21-20-15(23(16)22-14)10-3-1-2-4-13(10)19/h1-7H,8H2. The van der Waals surface area contributed by atoms with Crippen LogP contribution in [0.5, 0.6) is 0 Å². The summed E-state index contributed by atoms with van der Waals surface area (Å²) in [5.74, 6) is 0.621. The molecule has 0 aliphatic carbocycles. The minimum Gasteiger partial charge on any atom is -0.206 e. The van der Waals surface area contributed by atoms with Crippen LogP contribution in [-0.4, -0.2) is 26.3 Å². The maximum absolute atomic E-state index is 14.1. The summed E-state index contributed by atoms with van der Waals surface area (Å²) in [4.78, 5) is 0. The van der Waals surface area contributed by atoms with Gasteiger partial charge in [-0.3, -0.25) is 0 Å². The summed E-state index contributed by atoms with van der Waals surface area (Å²) in [6.45, 7) is 0. The fourth-order valence-electron chi connectivity index (χ4n) is 2.36. The number of thioether (sulfide) groups is 1. The van der Waals surface area contributed by atoms with Crippen LogP contribution in [0.2, 0.25) is 10.0 Å². The lowest BCUT2D eigenvalue weighted by Gasteiger charge is -2.14. The first kappa shape index (κ1) is 15.6. The van der Waals surface area contributed by atoms with Crippen LogP contribution in [0.25, 0.3) is 11.4 Å². The molecule has 0 spiro atoms. The number of rotatable bonds is 2. The van der Waals surface area contributed by atoms with Crippen LogP contribution in [0.4, 0.5) is 4.39 Å². The number of halogens is 3. The van der Waals surface area contributed by atoms with Gasteiger partial charge in [-0.25, -0.2) is 4.39 Å². The number of aromatic nitrogens is 3. The molecular formula is C16H9Cl2FN4S. The number of fused-ring (bicyclic) bond motifs is 1. The quantitative estimate of drug-likeness (QED) is 0.646. The molecule has 0 saturated carbocycles. The fourth-order valence-corrected chi connectivity index (χ4v) is 3.49. The number of hydrogen-bond acceptors (Lipinski definition) is 4. The molecule has 1 aromatic heterocycles. The molecule has 1 aliphatic rings. The van der Waals surface area contributed by atoms with Gasteiger partial charge in [-0.15, -0.1) is 10.2 Å². The Morgan fingerprint density at radius 2 is 1.88 bits per heavy atom. The molecule has 0 unspecified atom stereocenters.